The summed E-state index contributed by atoms with van der Waals surface area (Å²) in [6.07, 6.45) is -20.8. The maximum Gasteiger partial charge on any atom is 0.462 e. The van der Waals surface area contributed by atoms with Crippen molar-refractivity contribution in [1.29, 1.82) is 0 Å². The quantitative estimate of drug-likeness (QED) is 0.0106. The summed E-state index contributed by atoms with van der Waals surface area (Å²) in [6.45, 7) is 32.2. The summed E-state index contributed by atoms with van der Waals surface area (Å²) in [4.78, 5) is 61.0. The zero-order valence-electron chi connectivity index (χ0n) is 51.7. The first-order chi connectivity index (χ1) is 40.3. The van der Waals surface area contributed by atoms with Crippen molar-refractivity contribution < 1.29 is 135 Å². The highest BCUT2D eigenvalue weighted by Crippen LogP contribution is 2.51. The molecule has 0 bridgehead atoms. The molecule has 0 saturated carbocycles. The first kappa shape index (κ1) is 84.0. The Morgan fingerprint density at radius 2 is 0.636 bits per heavy atom. The molecule has 0 aromatic heterocycles. The highest BCUT2D eigenvalue weighted by molar-refractivity contribution is 6.94. The predicted molar refractivity (Wildman–Crippen MR) is 308 cm³/mol. The SMILES string of the molecule is C=C.C=C(C)C(=O)OCCOCCC[Si]1(C)O[Si](C)(CCCOCCOC(=O)C(=C)C)O[Si](C)(CCCOCCOC(=O)C(=C)C)O[Si](C)(CCN(C)C(=O)C(F)(OC(F)(F)C(F)(F)C(F)(F)F)C(F)(F)F)O[Si](C)(CCCOCCOC(=O)C(=C)C)O1. The Morgan fingerprint density at radius 3 is 0.852 bits per heavy atom. The highest BCUT2D eigenvalue weighted by atomic mass is 28.5. The lowest BCUT2D eigenvalue weighted by Crippen LogP contribution is -2.67. The summed E-state index contributed by atoms with van der Waals surface area (Å²) in [7, 11) is -19.5. The summed E-state index contributed by atoms with van der Waals surface area (Å²) in [5.41, 5.74) is 0.604. The van der Waals surface area contributed by atoms with E-state index in [0.29, 0.717) is 7.05 Å². The van der Waals surface area contributed by atoms with Gasteiger partial charge in [0.05, 0.1) is 26.4 Å². The Bertz CT molecular complexity index is 2210. The second-order valence-corrected chi connectivity index (χ2v) is 38.9. The topological polar surface area (TPSA) is 218 Å². The lowest BCUT2D eigenvalue weighted by molar-refractivity contribution is -0.473. The molecule has 5 unspecified atom stereocenters. The van der Waals surface area contributed by atoms with E-state index in [0.717, 1.165) is 0 Å². The van der Waals surface area contributed by atoms with E-state index in [1.807, 2.05) is 0 Å². The number of rotatable bonds is 39. The van der Waals surface area contributed by atoms with Crippen molar-refractivity contribution in [3.63, 3.8) is 0 Å². The van der Waals surface area contributed by atoms with E-state index in [9.17, 15) is 67.9 Å². The fourth-order valence-corrected chi connectivity index (χ4v) is 36.8. The van der Waals surface area contributed by atoms with Crippen molar-refractivity contribution >= 4 is 72.6 Å². The largest absolute Gasteiger partial charge is 0.462 e. The second-order valence-electron chi connectivity index (χ2n) is 21.0. The number of alkyl halides is 11. The summed E-state index contributed by atoms with van der Waals surface area (Å²) in [5, 5.41) is 0. The molecule has 0 aliphatic carbocycles. The fraction of sp³-hybridized carbons (Fsp3) is 0.712. The zero-order chi connectivity index (χ0) is 68.2. The average molecular weight is 1380 g/mol. The van der Waals surface area contributed by atoms with E-state index in [1.54, 1.807) is 26.2 Å². The van der Waals surface area contributed by atoms with E-state index < -0.39 is 115 Å². The van der Waals surface area contributed by atoms with Crippen LogP contribution in [0.5, 0.6) is 0 Å². The molecule has 1 heterocycles. The molecule has 5 atom stereocenters. The third-order valence-electron chi connectivity index (χ3n) is 12.0. The molecule has 36 heteroatoms. The van der Waals surface area contributed by atoms with E-state index >= 15 is 4.39 Å². The lowest BCUT2D eigenvalue weighted by atomic mass is 10.2. The van der Waals surface area contributed by atoms with Gasteiger partial charge in [-0.3, -0.25) is 9.53 Å². The van der Waals surface area contributed by atoms with Crippen molar-refractivity contribution in [1.82, 2.24) is 4.90 Å². The molecule has 510 valence electrons. The smallest absolute Gasteiger partial charge is 0.460 e. The van der Waals surface area contributed by atoms with Crippen LogP contribution in [0.15, 0.2) is 61.8 Å². The number of nitrogens with zero attached hydrogens (tertiary/aromatic N) is 1. The maximum absolute atomic E-state index is 15.9. The fourth-order valence-electron chi connectivity index (χ4n) is 7.90. The van der Waals surface area contributed by atoms with Crippen LogP contribution in [0.2, 0.25) is 63.0 Å². The minimum Gasteiger partial charge on any atom is -0.460 e. The van der Waals surface area contributed by atoms with Crippen LogP contribution < -0.4 is 0 Å². The van der Waals surface area contributed by atoms with Gasteiger partial charge in [0, 0.05) is 68.4 Å². The van der Waals surface area contributed by atoms with E-state index in [4.69, 9.17) is 58.5 Å². The summed E-state index contributed by atoms with van der Waals surface area (Å²) >= 11 is 0. The normalized spacial score (nSPS) is 22.6. The Hall–Kier alpha value is -4.04. The molecule has 88 heavy (non-hydrogen) atoms. The van der Waals surface area contributed by atoms with Gasteiger partial charge < -0.3 is 63.4 Å². The molecule has 0 radical (unpaired) electrons. The van der Waals surface area contributed by atoms with Crippen molar-refractivity contribution in [2.24, 2.45) is 0 Å². The number of carbonyl (C=O) groups excluding carboxylic acids is 5. The molecular formula is C52H86F11NO19Si5. The van der Waals surface area contributed by atoms with E-state index in [-0.39, 0.29) is 156 Å². The van der Waals surface area contributed by atoms with Gasteiger partial charge in [0.25, 0.3) is 5.91 Å². The van der Waals surface area contributed by atoms with Crippen molar-refractivity contribution in [3.8, 4) is 0 Å². The number of hydrogen-bond acceptors (Lipinski definition) is 19. The van der Waals surface area contributed by atoms with Gasteiger partial charge >= 0.3 is 96.9 Å². The van der Waals surface area contributed by atoms with Crippen LogP contribution >= 0.6 is 0 Å². The van der Waals surface area contributed by atoms with Gasteiger partial charge in [-0.25, -0.2) is 19.2 Å². The molecule has 1 amide bonds. The van der Waals surface area contributed by atoms with Gasteiger partial charge in [-0.1, -0.05) is 26.3 Å². The summed E-state index contributed by atoms with van der Waals surface area (Å²) in [6, 6.07) is -0.385. The molecule has 1 fully saturated rings. The van der Waals surface area contributed by atoms with Gasteiger partial charge in [0.1, 0.15) is 26.4 Å². The third kappa shape index (κ3) is 29.5. The second kappa shape index (κ2) is 37.5. The lowest BCUT2D eigenvalue weighted by Gasteiger charge is -2.50. The number of halogens is 11. The van der Waals surface area contributed by atoms with Gasteiger partial charge in [-0.15, -0.1) is 13.2 Å². The molecule has 1 rings (SSSR count). The Morgan fingerprint density at radius 1 is 0.398 bits per heavy atom. The third-order valence-corrected chi connectivity index (χ3v) is 35.4. The van der Waals surface area contributed by atoms with Crippen LogP contribution in [0.1, 0.15) is 53.4 Å². The molecule has 0 spiro atoms. The monoisotopic (exact) mass is 1380 g/mol. The summed E-state index contributed by atoms with van der Waals surface area (Å²) < 4.78 is 236. The molecule has 0 aromatic carbocycles. The van der Waals surface area contributed by atoms with Crippen molar-refractivity contribution in [3.05, 3.63) is 61.8 Å². The van der Waals surface area contributed by atoms with Gasteiger partial charge in [0.15, 0.2) is 0 Å². The minimum absolute atomic E-state index is 0.0127. The van der Waals surface area contributed by atoms with Crippen molar-refractivity contribution in [2.75, 3.05) is 92.9 Å². The first-order valence-corrected chi connectivity index (χ1v) is 40.1. The first-order valence-electron chi connectivity index (χ1n) is 27.5. The minimum atomic E-state index is -7.43. The van der Waals surface area contributed by atoms with Gasteiger partial charge in [-0.05, 0) is 110 Å². The number of likely N-dealkylation sites (N-methyl/N-ethyl adjacent to an activating group) is 1. The van der Waals surface area contributed by atoms with Crippen LogP contribution in [-0.4, -0.2) is 201 Å². The molecule has 1 aliphatic rings. The summed E-state index contributed by atoms with van der Waals surface area (Å²) in [5.74, 6) is -19.7. The number of amides is 1. The number of ether oxygens (including phenoxy) is 9. The van der Waals surface area contributed by atoms with Gasteiger partial charge in [0.2, 0.25) is 0 Å². The Kier molecular flexibility index (Phi) is 35.8. The molecule has 20 nitrogen and oxygen atoms in total. The van der Waals surface area contributed by atoms with Crippen LogP contribution in [-0.2, 0) is 87.2 Å². The zero-order valence-corrected chi connectivity index (χ0v) is 56.7. The van der Waals surface area contributed by atoms with Gasteiger partial charge in [-0.2, -0.15) is 48.3 Å². The molecule has 1 aliphatic heterocycles. The van der Waals surface area contributed by atoms with Crippen LogP contribution in [0.3, 0.4) is 0 Å². The molecule has 1 saturated heterocycles. The highest BCUT2D eigenvalue weighted by Gasteiger charge is 2.80. The number of carbonyl (C=O) groups is 5. The van der Waals surface area contributed by atoms with E-state index in [1.165, 1.54) is 34.2 Å². The predicted octanol–water partition coefficient (Wildman–Crippen LogP) is 10.8. The molecular weight excluding hydrogens is 1290 g/mol. The van der Waals surface area contributed by atoms with Crippen molar-refractivity contribution in [2.45, 2.75) is 147 Å². The Balaban J connectivity index is 0.0000374. The number of esters is 4. The number of hydrogen-bond donors (Lipinski definition) is 0. The average Bonchev–Trinajstić information content (AvgIpc) is 1.40. The Labute approximate surface area is 512 Å². The molecule has 0 N–H and O–H groups in total. The van der Waals surface area contributed by atoms with Crippen LogP contribution in [0, 0.1) is 0 Å². The maximum atomic E-state index is 15.9. The standard InChI is InChI=1S/C50H82F11NO19Si5.C2H4/c1-37(2)41(63)72-28-24-68-20-15-32-82(10)77-83(11,33-16-21-69-25-29-73-42(64)38(3)4)79-85(13,35-18-23-71-27-31-75-44(66)40(7)8)81-86(14,80-84(12,78-82)34-17-22-70-26-30-74-43(65)39(5)6)36-19-62(9)45(67)46(51,48(54,55)56)76-50(60,61)47(52,53)49(57,58)59;1-2/h1,3,5,7,15-36H2,2,4,6,8-14H3;1-2H2. The molecule has 0 aromatic rings. The van der Waals surface area contributed by atoms with Crippen LogP contribution in [0.25, 0.3) is 0 Å². The van der Waals surface area contributed by atoms with E-state index in [2.05, 4.69) is 44.2 Å². The van der Waals surface area contributed by atoms with Crippen LogP contribution in [0.4, 0.5) is 48.3 Å².